The summed E-state index contributed by atoms with van der Waals surface area (Å²) in [7, 11) is 0. The lowest BCUT2D eigenvalue weighted by Gasteiger charge is -2.23. The molecule has 0 aromatic heterocycles. The summed E-state index contributed by atoms with van der Waals surface area (Å²) in [5, 5.41) is 4.86. The summed E-state index contributed by atoms with van der Waals surface area (Å²) in [6.45, 7) is 2.37. The van der Waals surface area contributed by atoms with Crippen LogP contribution in [-0.2, 0) is 11.3 Å². The van der Waals surface area contributed by atoms with Crippen molar-refractivity contribution < 1.29 is 4.74 Å². The molecule has 1 saturated heterocycles. The molecule has 0 saturated carbocycles. The van der Waals surface area contributed by atoms with Gasteiger partial charge in [-0.05, 0) is 43.1 Å². The fourth-order valence-corrected chi connectivity index (χ4v) is 2.40. The van der Waals surface area contributed by atoms with Crippen LogP contribution in [-0.4, -0.2) is 19.2 Å². The second kappa shape index (κ2) is 6.60. The first-order chi connectivity index (χ1) is 8.25. The van der Waals surface area contributed by atoms with Crippen molar-refractivity contribution in [3.8, 4) is 0 Å². The zero-order valence-electron chi connectivity index (χ0n) is 9.72. The standard InChI is InChI=1S/C13H17Cl2NO/c14-11-4-5-13(15)10(7-11)8-17-9-12-3-1-2-6-16-12/h4-5,7,12,16H,1-3,6,8-9H2/t12-/m1/s1. The molecule has 1 N–H and O–H groups in total. The van der Waals surface area contributed by atoms with Crippen LogP contribution in [0.2, 0.25) is 10.0 Å². The average molecular weight is 274 g/mol. The van der Waals surface area contributed by atoms with E-state index in [9.17, 15) is 0 Å². The number of rotatable bonds is 4. The Bertz CT molecular complexity index is 364. The molecular weight excluding hydrogens is 257 g/mol. The molecule has 1 atom stereocenters. The Hall–Kier alpha value is -0.280. The van der Waals surface area contributed by atoms with Crippen LogP contribution in [0.1, 0.15) is 24.8 Å². The second-order valence-electron chi connectivity index (χ2n) is 4.40. The number of hydrogen-bond acceptors (Lipinski definition) is 2. The summed E-state index contributed by atoms with van der Waals surface area (Å²) < 4.78 is 5.69. The van der Waals surface area contributed by atoms with E-state index < -0.39 is 0 Å². The molecule has 0 radical (unpaired) electrons. The number of benzene rings is 1. The number of nitrogens with one attached hydrogen (secondary N) is 1. The Morgan fingerprint density at radius 3 is 2.94 bits per heavy atom. The maximum atomic E-state index is 6.06. The van der Waals surface area contributed by atoms with Gasteiger partial charge in [-0.25, -0.2) is 0 Å². The lowest BCUT2D eigenvalue weighted by atomic mass is 10.1. The van der Waals surface area contributed by atoms with Gasteiger partial charge in [0.1, 0.15) is 0 Å². The number of piperidine rings is 1. The summed E-state index contributed by atoms with van der Waals surface area (Å²) in [6, 6.07) is 5.94. The highest BCUT2D eigenvalue weighted by Crippen LogP contribution is 2.21. The van der Waals surface area contributed by atoms with E-state index in [2.05, 4.69) is 5.32 Å². The summed E-state index contributed by atoms with van der Waals surface area (Å²) in [4.78, 5) is 0. The topological polar surface area (TPSA) is 21.3 Å². The lowest BCUT2D eigenvalue weighted by Crippen LogP contribution is -2.37. The molecule has 1 aliphatic rings. The van der Waals surface area contributed by atoms with Crippen LogP contribution in [0.5, 0.6) is 0 Å². The summed E-state index contributed by atoms with van der Waals surface area (Å²) in [5.41, 5.74) is 0.954. The minimum absolute atomic E-state index is 0.488. The highest BCUT2D eigenvalue weighted by Gasteiger charge is 2.12. The van der Waals surface area contributed by atoms with Crippen LogP contribution in [0.15, 0.2) is 18.2 Å². The summed E-state index contributed by atoms with van der Waals surface area (Å²) in [5.74, 6) is 0. The van der Waals surface area contributed by atoms with Gasteiger partial charge in [0.2, 0.25) is 0 Å². The van der Waals surface area contributed by atoms with Gasteiger partial charge in [0.15, 0.2) is 0 Å². The predicted octanol–water partition coefficient (Wildman–Crippen LogP) is 3.65. The van der Waals surface area contributed by atoms with Crippen molar-refractivity contribution in [3.63, 3.8) is 0 Å². The first kappa shape index (κ1) is 13.2. The van der Waals surface area contributed by atoms with E-state index in [4.69, 9.17) is 27.9 Å². The van der Waals surface area contributed by atoms with Crippen molar-refractivity contribution in [2.45, 2.75) is 31.9 Å². The van der Waals surface area contributed by atoms with E-state index in [1.54, 1.807) is 12.1 Å². The third-order valence-corrected chi connectivity index (χ3v) is 3.60. The van der Waals surface area contributed by atoms with Gasteiger partial charge in [-0.15, -0.1) is 0 Å². The van der Waals surface area contributed by atoms with E-state index >= 15 is 0 Å². The first-order valence-electron chi connectivity index (χ1n) is 6.01. The van der Waals surface area contributed by atoms with Crippen molar-refractivity contribution in [2.75, 3.05) is 13.2 Å². The summed E-state index contributed by atoms with van der Waals surface area (Å²) >= 11 is 12.0. The molecule has 0 bridgehead atoms. The van der Waals surface area contributed by atoms with E-state index in [0.29, 0.717) is 22.7 Å². The number of halogens is 2. The maximum absolute atomic E-state index is 6.06. The van der Waals surface area contributed by atoms with Crippen molar-refractivity contribution >= 4 is 23.2 Å². The Kier molecular flexibility index (Phi) is 5.11. The molecule has 0 unspecified atom stereocenters. The van der Waals surface area contributed by atoms with E-state index in [1.165, 1.54) is 19.3 Å². The summed E-state index contributed by atoms with van der Waals surface area (Å²) in [6.07, 6.45) is 3.76. The molecular formula is C13H17Cl2NO. The van der Waals surface area contributed by atoms with Gasteiger partial charge in [0.05, 0.1) is 13.2 Å². The Morgan fingerprint density at radius 2 is 2.18 bits per heavy atom. The van der Waals surface area contributed by atoms with Gasteiger partial charge in [-0.2, -0.15) is 0 Å². The van der Waals surface area contributed by atoms with Crippen molar-refractivity contribution in [1.29, 1.82) is 0 Å². The van der Waals surface area contributed by atoms with Crippen molar-refractivity contribution in [2.24, 2.45) is 0 Å². The highest BCUT2D eigenvalue weighted by molar-refractivity contribution is 6.33. The lowest BCUT2D eigenvalue weighted by molar-refractivity contribution is 0.0912. The Morgan fingerprint density at radius 1 is 1.29 bits per heavy atom. The van der Waals surface area contributed by atoms with Crippen LogP contribution in [0.4, 0.5) is 0 Å². The van der Waals surface area contributed by atoms with Gasteiger partial charge in [-0.1, -0.05) is 29.6 Å². The van der Waals surface area contributed by atoms with Gasteiger partial charge in [0.25, 0.3) is 0 Å². The van der Waals surface area contributed by atoms with Crippen molar-refractivity contribution in [1.82, 2.24) is 5.32 Å². The monoisotopic (exact) mass is 273 g/mol. The third kappa shape index (κ3) is 4.14. The van der Waals surface area contributed by atoms with Gasteiger partial charge in [-0.3, -0.25) is 0 Å². The Labute approximate surface area is 112 Å². The predicted molar refractivity (Wildman–Crippen MR) is 71.8 cm³/mol. The van der Waals surface area contributed by atoms with Crippen molar-refractivity contribution in [3.05, 3.63) is 33.8 Å². The van der Waals surface area contributed by atoms with Gasteiger partial charge < -0.3 is 10.1 Å². The van der Waals surface area contributed by atoms with Crippen LogP contribution in [0, 0.1) is 0 Å². The molecule has 1 aliphatic heterocycles. The normalized spacial score (nSPS) is 20.5. The molecule has 17 heavy (non-hydrogen) atoms. The smallest absolute Gasteiger partial charge is 0.0732 e. The molecule has 2 rings (SSSR count). The number of hydrogen-bond donors (Lipinski definition) is 1. The zero-order valence-corrected chi connectivity index (χ0v) is 11.2. The van der Waals surface area contributed by atoms with E-state index in [0.717, 1.165) is 18.7 Å². The van der Waals surface area contributed by atoms with Gasteiger partial charge >= 0.3 is 0 Å². The highest BCUT2D eigenvalue weighted by atomic mass is 35.5. The molecule has 0 amide bonds. The second-order valence-corrected chi connectivity index (χ2v) is 5.24. The average Bonchev–Trinajstić information content (AvgIpc) is 2.35. The molecule has 1 fully saturated rings. The van der Waals surface area contributed by atoms with Gasteiger partial charge in [0, 0.05) is 16.1 Å². The molecule has 2 nitrogen and oxygen atoms in total. The Balaban J connectivity index is 1.79. The molecule has 1 aromatic rings. The van der Waals surface area contributed by atoms with E-state index in [1.807, 2.05) is 6.07 Å². The minimum Gasteiger partial charge on any atom is -0.375 e. The molecule has 1 aromatic carbocycles. The fourth-order valence-electron chi connectivity index (χ4n) is 2.03. The molecule has 0 aliphatic carbocycles. The SMILES string of the molecule is Clc1ccc(Cl)c(COC[C@H]2CCCCN2)c1. The maximum Gasteiger partial charge on any atom is 0.0732 e. The zero-order chi connectivity index (χ0) is 12.1. The molecule has 4 heteroatoms. The van der Waals surface area contributed by atoms with Crippen LogP contribution in [0.25, 0.3) is 0 Å². The third-order valence-electron chi connectivity index (χ3n) is 3.00. The van der Waals surface area contributed by atoms with E-state index in [-0.39, 0.29) is 0 Å². The first-order valence-corrected chi connectivity index (χ1v) is 6.76. The molecule has 94 valence electrons. The largest absolute Gasteiger partial charge is 0.375 e. The quantitative estimate of drug-likeness (QED) is 0.904. The fraction of sp³-hybridized carbons (Fsp3) is 0.538. The van der Waals surface area contributed by atoms with Crippen LogP contribution >= 0.6 is 23.2 Å². The molecule has 1 heterocycles. The van der Waals surface area contributed by atoms with Crippen LogP contribution < -0.4 is 5.32 Å². The number of ether oxygens (including phenoxy) is 1. The van der Waals surface area contributed by atoms with Crippen LogP contribution in [0.3, 0.4) is 0 Å². The molecule has 0 spiro atoms. The minimum atomic E-state index is 0.488.